The fourth-order valence-electron chi connectivity index (χ4n) is 4.03. The molecule has 7 heteroatoms. The normalized spacial score (nSPS) is 15.3. The predicted octanol–water partition coefficient (Wildman–Crippen LogP) is 4.66. The fourth-order valence-corrected chi connectivity index (χ4v) is 4.15. The number of pyridine rings is 1. The van der Waals surface area contributed by atoms with Crippen LogP contribution in [0.1, 0.15) is 78.8 Å². The SMILES string of the molecule is CC(C)Cn1cc(C(=O)N[C@@H](C)c2ccc(Cl)cc2)c(=O)c(C(=O)N2CCCCCC2)c1. The smallest absolute Gasteiger partial charge is 0.259 e. The minimum absolute atomic E-state index is 0.00728. The van der Waals surface area contributed by atoms with E-state index in [1.807, 2.05) is 19.1 Å². The van der Waals surface area contributed by atoms with Crippen molar-refractivity contribution < 1.29 is 9.59 Å². The summed E-state index contributed by atoms with van der Waals surface area (Å²) >= 11 is 5.95. The number of halogens is 1. The lowest BCUT2D eigenvalue weighted by atomic mass is 10.1. The van der Waals surface area contributed by atoms with Gasteiger partial charge in [0.2, 0.25) is 5.43 Å². The Labute approximate surface area is 194 Å². The van der Waals surface area contributed by atoms with E-state index in [-0.39, 0.29) is 23.1 Å². The summed E-state index contributed by atoms with van der Waals surface area (Å²) in [7, 11) is 0. The number of nitrogens with one attached hydrogen (secondary N) is 1. The average molecular weight is 458 g/mol. The Balaban J connectivity index is 1.92. The molecule has 0 bridgehead atoms. The molecule has 172 valence electrons. The van der Waals surface area contributed by atoms with Gasteiger partial charge in [-0.05, 0) is 43.4 Å². The third kappa shape index (κ3) is 6.00. The molecule has 1 saturated heterocycles. The van der Waals surface area contributed by atoms with E-state index in [9.17, 15) is 14.4 Å². The Morgan fingerprint density at radius 1 is 0.969 bits per heavy atom. The maximum absolute atomic E-state index is 13.2. The van der Waals surface area contributed by atoms with E-state index in [0.717, 1.165) is 31.2 Å². The van der Waals surface area contributed by atoms with Gasteiger partial charge in [0.25, 0.3) is 11.8 Å². The van der Waals surface area contributed by atoms with Crippen LogP contribution in [0.15, 0.2) is 41.5 Å². The maximum Gasteiger partial charge on any atom is 0.259 e. The van der Waals surface area contributed by atoms with Crippen molar-refractivity contribution in [2.75, 3.05) is 13.1 Å². The summed E-state index contributed by atoms with van der Waals surface area (Å²) in [6, 6.07) is 6.88. The molecule has 0 spiro atoms. The maximum atomic E-state index is 13.2. The summed E-state index contributed by atoms with van der Waals surface area (Å²) < 4.78 is 1.79. The number of carbonyl (C=O) groups excluding carboxylic acids is 2. The first kappa shape index (κ1) is 24.1. The molecular weight excluding hydrogens is 426 g/mol. The van der Waals surface area contributed by atoms with E-state index >= 15 is 0 Å². The Morgan fingerprint density at radius 2 is 1.56 bits per heavy atom. The van der Waals surface area contributed by atoms with Gasteiger partial charge in [0.15, 0.2) is 0 Å². The van der Waals surface area contributed by atoms with Gasteiger partial charge in [-0.1, -0.05) is 50.4 Å². The molecule has 1 fully saturated rings. The highest BCUT2D eigenvalue weighted by molar-refractivity contribution is 6.30. The summed E-state index contributed by atoms with van der Waals surface area (Å²) in [4.78, 5) is 41.3. The third-order valence-electron chi connectivity index (χ3n) is 5.74. The zero-order chi connectivity index (χ0) is 23.3. The number of aromatic nitrogens is 1. The van der Waals surface area contributed by atoms with E-state index in [2.05, 4.69) is 19.2 Å². The van der Waals surface area contributed by atoms with Crippen LogP contribution in [0.2, 0.25) is 5.02 Å². The Kier molecular flexibility index (Phi) is 8.13. The Morgan fingerprint density at radius 3 is 2.16 bits per heavy atom. The van der Waals surface area contributed by atoms with Crippen LogP contribution in [0.5, 0.6) is 0 Å². The minimum Gasteiger partial charge on any atom is -0.352 e. The summed E-state index contributed by atoms with van der Waals surface area (Å²) in [5.41, 5.74) is 0.425. The van der Waals surface area contributed by atoms with Gasteiger partial charge in [-0.2, -0.15) is 0 Å². The van der Waals surface area contributed by atoms with E-state index in [1.54, 1.807) is 34.0 Å². The Hall–Kier alpha value is -2.60. The first-order valence-corrected chi connectivity index (χ1v) is 11.7. The van der Waals surface area contributed by atoms with Gasteiger partial charge in [-0.3, -0.25) is 14.4 Å². The molecule has 1 aromatic heterocycles. The molecule has 1 aliphatic rings. The van der Waals surface area contributed by atoms with Gasteiger partial charge in [0.05, 0.1) is 6.04 Å². The number of hydrogen-bond acceptors (Lipinski definition) is 3. The van der Waals surface area contributed by atoms with Crippen molar-refractivity contribution in [1.29, 1.82) is 0 Å². The molecule has 1 atom stereocenters. The molecule has 0 radical (unpaired) electrons. The number of rotatable bonds is 6. The van der Waals surface area contributed by atoms with Gasteiger partial charge >= 0.3 is 0 Å². The molecule has 2 amide bonds. The van der Waals surface area contributed by atoms with E-state index in [0.29, 0.717) is 30.6 Å². The van der Waals surface area contributed by atoms with Crippen LogP contribution in [0.4, 0.5) is 0 Å². The summed E-state index contributed by atoms with van der Waals surface area (Å²) in [6.07, 6.45) is 7.22. The highest BCUT2D eigenvalue weighted by Crippen LogP contribution is 2.17. The van der Waals surface area contributed by atoms with Crippen LogP contribution >= 0.6 is 11.6 Å². The second kappa shape index (κ2) is 10.8. The summed E-state index contributed by atoms with van der Waals surface area (Å²) in [5.74, 6) is -0.474. The Bertz CT molecular complexity index is 1010. The van der Waals surface area contributed by atoms with Crippen molar-refractivity contribution in [1.82, 2.24) is 14.8 Å². The van der Waals surface area contributed by atoms with E-state index < -0.39 is 11.3 Å². The molecule has 1 aromatic carbocycles. The van der Waals surface area contributed by atoms with Gasteiger partial charge in [-0.25, -0.2) is 0 Å². The third-order valence-corrected chi connectivity index (χ3v) is 5.99. The first-order valence-electron chi connectivity index (χ1n) is 11.4. The zero-order valence-corrected chi connectivity index (χ0v) is 19.8. The minimum atomic E-state index is -0.514. The van der Waals surface area contributed by atoms with Crippen LogP contribution in [-0.2, 0) is 6.54 Å². The van der Waals surface area contributed by atoms with Crippen LogP contribution in [0.3, 0.4) is 0 Å². The molecule has 0 aliphatic carbocycles. The molecule has 1 aliphatic heterocycles. The lowest BCUT2D eigenvalue weighted by Gasteiger charge is -2.22. The standard InChI is InChI=1S/C25H32ClN3O3/c1-17(2)14-28-15-21(24(31)27-18(3)19-8-10-20(26)11-9-19)23(30)22(16-28)25(32)29-12-6-4-5-7-13-29/h8-11,15-18H,4-7,12-14H2,1-3H3,(H,27,31)/t18-/m0/s1. The highest BCUT2D eigenvalue weighted by atomic mass is 35.5. The lowest BCUT2D eigenvalue weighted by Crippen LogP contribution is -2.38. The van der Waals surface area contributed by atoms with Crippen molar-refractivity contribution in [3.8, 4) is 0 Å². The van der Waals surface area contributed by atoms with Gasteiger partial charge in [0.1, 0.15) is 11.1 Å². The van der Waals surface area contributed by atoms with Crippen molar-refractivity contribution >= 4 is 23.4 Å². The monoisotopic (exact) mass is 457 g/mol. The van der Waals surface area contributed by atoms with Crippen LogP contribution in [0, 0.1) is 5.92 Å². The number of nitrogens with zero attached hydrogens (tertiary/aromatic N) is 2. The molecule has 0 saturated carbocycles. The topological polar surface area (TPSA) is 71.4 Å². The second-order valence-electron chi connectivity index (χ2n) is 8.96. The fraction of sp³-hybridized carbons (Fsp3) is 0.480. The van der Waals surface area contributed by atoms with E-state index in [1.165, 1.54) is 0 Å². The van der Waals surface area contributed by atoms with Crippen molar-refractivity contribution in [2.24, 2.45) is 5.92 Å². The average Bonchev–Trinajstić information content (AvgIpc) is 3.04. The largest absolute Gasteiger partial charge is 0.352 e. The number of hydrogen-bond donors (Lipinski definition) is 1. The lowest BCUT2D eigenvalue weighted by molar-refractivity contribution is 0.0759. The molecule has 6 nitrogen and oxygen atoms in total. The number of amides is 2. The number of carbonyl (C=O) groups is 2. The van der Waals surface area contributed by atoms with Crippen molar-refractivity contribution in [3.05, 3.63) is 68.6 Å². The van der Waals surface area contributed by atoms with Gasteiger partial charge in [-0.15, -0.1) is 0 Å². The van der Waals surface area contributed by atoms with Gasteiger partial charge < -0.3 is 14.8 Å². The highest BCUT2D eigenvalue weighted by Gasteiger charge is 2.25. The summed E-state index contributed by atoms with van der Waals surface area (Å²) in [5, 5.41) is 3.50. The summed E-state index contributed by atoms with van der Waals surface area (Å²) in [6.45, 7) is 7.85. The molecular formula is C25H32ClN3O3. The quantitative estimate of drug-likeness (QED) is 0.685. The molecule has 2 aromatic rings. The second-order valence-corrected chi connectivity index (χ2v) is 9.39. The number of likely N-dealkylation sites (tertiary alicyclic amines) is 1. The zero-order valence-electron chi connectivity index (χ0n) is 19.1. The molecule has 1 N–H and O–H groups in total. The molecule has 3 rings (SSSR count). The van der Waals surface area contributed by atoms with Crippen molar-refractivity contribution in [2.45, 2.75) is 59.0 Å². The van der Waals surface area contributed by atoms with Crippen LogP contribution in [-0.4, -0.2) is 34.4 Å². The predicted molar refractivity (Wildman–Crippen MR) is 127 cm³/mol. The molecule has 0 unspecified atom stereocenters. The molecule has 2 heterocycles. The van der Waals surface area contributed by atoms with Gasteiger partial charge in [0, 0.05) is 37.1 Å². The van der Waals surface area contributed by atoms with Crippen LogP contribution in [0.25, 0.3) is 0 Å². The molecule has 32 heavy (non-hydrogen) atoms. The van der Waals surface area contributed by atoms with Crippen molar-refractivity contribution in [3.63, 3.8) is 0 Å². The van der Waals surface area contributed by atoms with Crippen LogP contribution < -0.4 is 10.7 Å². The van der Waals surface area contributed by atoms with E-state index in [4.69, 9.17) is 11.6 Å². The first-order chi connectivity index (χ1) is 15.3. The number of benzene rings is 1.